The van der Waals surface area contributed by atoms with Crippen LogP contribution in [0.15, 0.2) is 91.4 Å². The van der Waals surface area contributed by atoms with Gasteiger partial charge < -0.3 is 14.4 Å². The lowest BCUT2D eigenvalue weighted by Crippen LogP contribution is -2.29. The molecule has 0 fully saturated rings. The largest absolute Gasteiger partial charge is 0.466 e. The number of nitrogens with zero attached hydrogens (tertiary/aromatic N) is 2. The first kappa shape index (κ1) is 24.9. The molecule has 6 heteroatoms. The molecule has 0 saturated carbocycles. The zero-order valence-electron chi connectivity index (χ0n) is 20.7. The van der Waals surface area contributed by atoms with Crippen LogP contribution in [0.25, 0.3) is 11.3 Å². The molecule has 0 atom stereocenters. The second-order valence-electron chi connectivity index (χ2n) is 8.42. The first-order chi connectivity index (χ1) is 17.6. The molecule has 184 valence electrons. The van der Waals surface area contributed by atoms with Gasteiger partial charge in [0.05, 0.1) is 26.1 Å². The molecular weight excluding hydrogens is 452 g/mol. The normalized spacial score (nSPS) is 12.7. The average molecular weight is 484 g/mol. The molecule has 2 heterocycles. The fraction of sp³-hybridized carbons (Fsp3) is 0.233. The van der Waals surface area contributed by atoms with Crippen LogP contribution in [0.5, 0.6) is 0 Å². The van der Waals surface area contributed by atoms with Gasteiger partial charge in [-0.25, -0.2) is 0 Å². The average Bonchev–Trinajstić information content (AvgIpc) is 2.90. The van der Waals surface area contributed by atoms with E-state index in [1.165, 1.54) is 5.57 Å². The molecule has 0 unspecified atom stereocenters. The van der Waals surface area contributed by atoms with E-state index in [-0.39, 0.29) is 18.4 Å². The van der Waals surface area contributed by atoms with Crippen LogP contribution in [0.1, 0.15) is 30.5 Å². The predicted octanol–water partition coefficient (Wildman–Crippen LogP) is 4.59. The lowest BCUT2D eigenvalue weighted by atomic mass is 10.0. The maximum absolute atomic E-state index is 11.7. The maximum atomic E-state index is 11.7. The molecule has 1 aliphatic heterocycles. The summed E-state index contributed by atoms with van der Waals surface area (Å²) in [7, 11) is 0. The molecule has 0 amide bonds. The summed E-state index contributed by atoms with van der Waals surface area (Å²) in [6.07, 6.45) is 11.1. The van der Waals surface area contributed by atoms with Gasteiger partial charge in [-0.3, -0.25) is 9.59 Å². The number of carbonyl (C=O) groups excluding carboxylic acids is 2. The van der Waals surface area contributed by atoms with Crippen molar-refractivity contribution in [2.24, 2.45) is 0 Å². The van der Waals surface area contributed by atoms with Crippen LogP contribution in [-0.2, 0) is 31.9 Å². The third kappa shape index (κ3) is 6.48. The summed E-state index contributed by atoms with van der Waals surface area (Å²) in [5, 5.41) is 0. The van der Waals surface area contributed by atoms with Crippen molar-refractivity contribution >= 4 is 23.2 Å². The second kappa shape index (κ2) is 12.0. The number of hydrogen-bond donors (Lipinski definition) is 0. The van der Waals surface area contributed by atoms with Crippen LogP contribution in [0.2, 0.25) is 0 Å². The van der Waals surface area contributed by atoms with Gasteiger partial charge in [-0.2, -0.15) is 4.57 Å². The first-order valence-corrected chi connectivity index (χ1v) is 12.2. The zero-order valence-corrected chi connectivity index (χ0v) is 20.7. The van der Waals surface area contributed by atoms with Crippen LogP contribution >= 0.6 is 0 Å². The van der Waals surface area contributed by atoms with E-state index in [2.05, 4.69) is 40.0 Å². The summed E-state index contributed by atoms with van der Waals surface area (Å²) in [6, 6.07) is 20.1. The van der Waals surface area contributed by atoms with Gasteiger partial charge in [-0.15, -0.1) is 0 Å². The van der Waals surface area contributed by atoms with Crippen molar-refractivity contribution in [1.29, 1.82) is 0 Å². The Balaban J connectivity index is 1.35. The summed E-state index contributed by atoms with van der Waals surface area (Å²) >= 11 is 0. The maximum Gasteiger partial charge on any atom is 0.310 e. The molecule has 0 spiro atoms. The Morgan fingerprint density at radius 1 is 0.806 bits per heavy atom. The molecule has 0 saturated heterocycles. The van der Waals surface area contributed by atoms with Crippen molar-refractivity contribution in [2.75, 3.05) is 24.7 Å². The summed E-state index contributed by atoms with van der Waals surface area (Å²) < 4.78 is 12.1. The van der Waals surface area contributed by atoms with Crippen LogP contribution < -0.4 is 9.47 Å². The molecule has 0 bridgehead atoms. The van der Waals surface area contributed by atoms with Gasteiger partial charge in [0, 0.05) is 42.7 Å². The van der Waals surface area contributed by atoms with Crippen LogP contribution in [0.3, 0.4) is 0 Å². The number of benzene rings is 2. The third-order valence-electron chi connectivity index (χ3n) is 5.91. The lowest BCUT2D eigenvalue weighted by molar-refractivity contribution is -0.595. The Morgan fingerprint density at radius 3 is 1.86 bits per heavy atom. The highest BCUT2D eigenvalue weighted by atomic mass is 16.5. The summed E-state index contributed by atoms with van der Waals surface area (Å²) in [5.74, 6) is -0.411. The van der Waals surface area contributed by atoms with Gasteiger partial charge >= 0.3 is 11.9 Å². The van der Waals surface area contributed by atoms with Crippen molar-refractivity contribution in [2.45, 2.75) is 26.7 Å². The van der Waals surface area contributed by atoms with Crippen molar-refractivity contribution in [3.63, 3.8) is 0 Å². The van der Waals surface area contributed by atoms with Crippen LogP contribution in [0.4, 0.5) is 5.69 Å². The highest BCUT2D eigenvalue weighted by Crippen LogP contribution is 2.23. The topological polar surface area (TPSA) is 59.7 Å². The number of aromatic nitrogens is 1. The Labute approximate surface area is 212 Å². The van der Waals surface area contributed by atoms with Crippen molar-refractivity contribution < 1.29 is 23.6 Å². The Morgan fingerprint density at radius 2 is 1.36 bits per heavy atom. The molecule has 0 aliphatic carbocycles. The summed E-state index contributed by atoms with van der Waals surface area (Å²) in [4.78, 5) is 25.5. The standard InChI is InChI=1S/C30H31N2O4/c1-3-35-29(33)21-23-5-9-27(10-6-23)31-17-13-25(14-18-31)26-15-19-32(20-16-26)28-11-7-24(8-12-28)22-30(34)36-4-2/h5-19H,3-4,20-22H2,1-2H3/q+1. The Hall–Kier alpha value is -4.19. The quantitative estimate of drug-likeness (QED) is 0.329. The number of anilines is 1. The number of rotatable bonds is 9. The molecule has 0 radical (unpaired) electrons. The molecule has 3 aromatic rings. The molecule has 0 N–H and O–H groups in total. The minimum absolute atomic E-state index is 0.203. The summed E-state index contributed by atoms with van der Waals surface area (Å²) in [5.41, 5.74) is 6.30. The molecular formula is C30H31N2O4+. The van der Waals surface area contributed by atoms with Gasteiger partial charge in [-0.05, 0) is 54.3 Å². The molecule has 4 rings (SSSR count). The fourth-order valence-corrected chi connectivity index (χ4v) is 4.04. The highest BCUT2D eigenvalue weighted by Gasteiger charge is 2.12. The first-order valence-electron chi connectivity index (χ1n) is 12.2. The predicted molar refractivity (Wildman–Crippen MR) is 140 cm³/mol. The van der Waals surface area contributed by atoms with E-state index in [9.17, 15) is 9.59 Å². The number of hydrogen-bond acceptors (Lipinski definition) is 5. The molecule has 2 aromatic carbocycles. The van der Waals surface area contributed by atoms with Gasteiger partial charge in [-0.1, -0.05) is 30.3 Å². The Bertz CT molecular complexity index is 1240. The molecule has 36 heavy (non-hydrogen) atoms. The van der Waals surface area contributed by atoms with Crippen molar-refractivity contribution in [1.82, 2.24) is 0 Å². The number of carbonyl (C=O) groups is 2. The lowest BCUT2D eigenvalue weighted by Gasteiger charge is -2.23. The Kier molecular flexibility index (Phi) is 8.29. The van der Waals surface area contributed by atoms with E-state index in [0.29, 0.717) is 19.6 Å². The van der Waals surface area contributed by atoms with Crippen molar-refractivity contribution in [3.05, 3.63) is 108 Å². The number of esters is 2. The minimum Gasteiger partial charge on any atom is -0.466 e. The highest BCUT2D eigenvalue weighted by molar-refractivity contribution is 5.77. The van der Waals surface area contributed by atoms with E-state index >= 15 is 0 Å². The van der Waals surface area contributed by atoms with E-state index in [1.54, 1.807) is 0 Å². The van der Waals surface area contributed by atoms with Gasteiger partial charge in [0.2, 0.25) is 5.69 Å². The van der Waals surface area contributed by atoms with Crippen LogP contribution in [0, 0.1) is 0 Å². The number of ether oxygens (including phenoxy) is 2. The van der Waals surface area contributed by atoms with Gasteiger partial charge in [0.25, 0.3) is 0 Å². The van der Waals surface area contributed by atoms with E-state index in [1.807, 2.05) is 74.8 Å². The number of pyridine rings is 1. The number of allylic oxidation sites excluding steroid dienone is 2. The third-order valence-corrected chi connectivity index (χ3v) is 5.91. The summed E-state index contributed by atoms with van der Waals surface area (Å²) in [6.45, 7) is 5.19. The van der Waals surface area contributed by atoms with Gasteiger partial charge in [0.15, 0.2) is 12.4 Å². The van der Waals surface area contributed by atoms with Gasteiger partial charge in [0.1, 0.15) is 0 Å². The molecule has 1 aromatic heterocycles. The fourth-order valence-electron chi connectivity index (χ4n) is 4.04. The minimum atomic E-state index is -0.208. The molecule has 1 aliphatic rings. The van der Waals surface area contributed by atoms with E-state index in [4.69, 9.17) is 9.47 Å². The zero-order chi connectivity index (χ0) is 25.3. The van der Waals surface area contributed by atoms with Crippen molar-refractivity contribution in [3.8, 4) is 5.69 Å². The monoisotopic (exact) mass is 483 g/mol. The molecule has 6 nitrogen and oxygen atoms in total. The second-order valence-corrected chi connectivity index (χ2v) is 8.42. The van der Waals surface area contributed by atoms with Crippen LogP contribution in [-0.4, -0.2) is 31.7 Å². The van der Waals surface area contributed by atoms with E-state index in [0.717, 1.165) is 34.6 Å². The van der Waals surface area contributed by atoms with E-state index < -0.39 is 0 Å². The smallest absolute Gasteiger partial charge is 0.310 e. The SMILES string of the molecule is CCOC(=O)Cc1ccc(N2C=CC(c3cc[n+](-c4ccc(CC(=O)OCC)cc4)cc3)=CC2)cc1.